The molecule has 3 fully saturated rings. The number of halogens is 2. The molecule has 4 aromatic rings. The van der Waals surface area contributed by atoms with Crippen molar-refractivity contribution in [1.82, 2.24) is 30.1 Å². The number of cyclic esters (lactones) is 1. The number of thiazole rings is 1. The topological polar surface area (TPSA) is 127 Å². The number of esters is 1. The maximum absolute atomic E-state index is 15.2. The third-order valence-corrected chi connectivity index (χ3v) is 12.6. The van der Waals surface area contributed by atoms with Gasteiger partial charge in [-0.05, 0) is 55.9 Å². The minimum Gasteiger partial charge on any atom is -0.464 e. The molecular weight excluding hydrogens is 715 g/mol. The zero-order valence-corrected chi connectivity index (χ0v) is 32.1. The van der Waals surface area contributed by atoms with E-state index in [2.05, 4.69) is 34.2 Å². The average molecular weight is 761 g/mol. The van der Waals surface area contributed by atoms with Gasteiger partial charge in [-0.1, -0.05) is 33.8 Å². The van der Waals surface area contributed by atoms with Gasteiger partial charge in [-0.25, -0.2) is 19.2 Å². The zero-order valence-electron chi connectivity index (χ0n) is 31.3. The van der Waals surface area contributed by atoms with Crippen LogP contribution in [0.5, 0.6) is 0 Å². The fourth-order valence-electron chi connectivity index (χ4n) is 8.37. The summed E-state index contributed by atoms with van der Waals surface area (Å²) in [6.45, 7) is 9.68. The summed E-state index contributed by atoms with van der Waals surface area (Å²) in [4.78, 5) is 50.8. The molecule has 2 N–H and O–H groups in total. The van der Waals surface area contributed by atoms with Crippen molar-refractivity contribution in [1.29, 1.82) is 0 Å². The molecule has 4 aromatic heterocycles. The lowest BCUT2D eigenvalue weighted by atomic mass is 9.83. The first-order chi connectivity index (χ1) is 25.7. The summed E-state index contributed by atoms with van der Waals surface area (Å²) in [5.74, 6) is -7.36. The third kappa shape index (κ3) is 6.39. The summed E-state index contributed by atoms with van der Waals surface area (Å²) < 4.78 is 44.3. The van der Waals surface area contributed by atoms with Crippen LogP contribution >= 0.6 is 11.3 Å². The number of ether oxygens (including phenoxy) is 2. The molecule has 2 aliphatic heterocycles. The lowest BCUT2D eigenvalue weighted by Gasteiger charge is -2.34. The molecule has 1 saturated heterocycles. The van der Waals surface area contributed by atoms with Crippen LogP contribution in [0, 0.1) is 29.1 Å². The highest BCUT2D eigenvalue weighted by atomic mass is 32.1. The third-order valence-electron chi connectivity index (χ3n) is 11.7. The molecule has 286 valence electrons. The summed E-state index contributed by atoms with van der Waals surface area (Å²) >= 11 is 1.37. The summed E-state index contributed by atoms with van der Waals surface area (Å²) in [5.41, 5.74) is 9.61. The summed E-state index contributed by atoms with van der Waals surface area (Å²) in [6.07, 6.45) is 5.50. The number of nitrogens with zero attached hydrogens (tertiary/aromatic N) is 4. The van der Waals surface area contributed by atoms with E-state index < -0.39 is 47.1 Å². The number of amides is 2. The lowest BCUT2D eigenvalue weighted by Crippen LogP contribution is -2.61. The van der Waals surface area contributed by atoms with Crippen LogP contribution in [-0.2, 0) is 43.1 Å². The first kappa shape index (κ1) is 36.7. The van der Waals surface area contributed by atoms with Crippen molar-refractivity contribution in [3.63, 3.8) is 0 Å². The number of carbonyl (C=O) groups is 3. The van der Waals surface area contributed by atoms with Crippen LogP contribution < -0.4 is 10.7 Å². The van der Waals surface area contributed by atoms with Gasteiger partial charge in [0, 0.05) is 77.1 Å². The normalized spacial score (nSPS) is 27.8. The SMILES string of the molecule is CCc1c(-c2cccnc2[C@H](C)OC)c2c3cc(ccn13)-c1csc(n1)C[C@H](NC(=O)[C@H]1C[C@@H]1C)C(=O)N1C[C@H]3[C@@H]([C@H](N1)C(=O)OCC(C)(C)C2)C3(F)F. The first-order valence-electron chi connectivity index (χ1n) is 18.7. The number of carbonyl (C=O) groups excluding carboxylic acids is 3. The predicted molar refractivity (Wildman–Crippen MR) is 198 cm³/mol. The zero-order chi connectivity index (χ0) is 38.3. The Labute approximate surface area is 316 Å². The second-order valence-corrected chi connectivity index (χ2v) is 17.1. The highest BCUT2D eigenvalue weighted by Gasteiger charge is 2.75. The summed E-state index contributed by atoms with van der Waals surface area (Å²) in [6, 6.07) is 5.60. The van der Waals surface area contributed by atoms with Gasteiger partial charge >= 0.3 is 5.97 Å². The summed E-state index contributed by atoms with van der Waals surface area (Å²) in [5, 5.41) is 6.53. The molecule has 2 amide bonds. The number of aryl methyl sites for hydroxylation is 1. The van der Waals surface area contributed by atoms with E-state index in [1.807, 2.05) is 51.4 Å². The van der Waals surface area contributed by atoms with E-state index in [4.69, 9.17) is 19.4 Å². The smallest absolute Gasteiger partial charge is 0.325 e. The van der Waals surface area contributed by atoms with Crippen molar-refractivity contribution in [3.8, 4) is 22.4 Å². The lowest BCUT2D eigenvalue weighted by molar-refractivity contribution is -0.156. The van der Waals surface area contributed by atoms with E-state index in [-0.39, 0.29) is 43.4 Å². The van der Waals surface area contributed by atoms with Gasteiger partial charge < -0.3 is 19.2 Å². The van der Waals surface area contributed by atoms with Crippen LogP contribution in [0.3, 0.4) is 0 Å². The van der Waals surface area contributed by atoms with Crippen molar-refractivity contribution in [3.05, 3.63) is 64.0 Å². The number of hydrogen-bond acceptors (Lipinski definition) is 9. The van der Waals surface area contributed by atoms with E-state index in [0.29, 0.717) is 17.8 Å². The van der Waals surface area contributed by atoms with Crippen LogP contribution in [0.25, 0.3) is 27.9 Å². The van der Waals surface area contributed by atoms with Crippen LogP contribution in [-0.4, -0.2) is 75.4 Å². The van der Waals surface area contributed by atoms with Gasteiger partial charge in [0.25, 0.3) is 11.8 Å². The molecule has 0 radical (unpaired) electrons. The molecule has 11 nitrogen and oxygen atoms in total. The second kappa shape index (κ2) is 13.5. The van der Waals surface area contributed by atoms with E-state index in [9.17, 15) is 14.4 Å². The molecule has 2 aliphatic carbocycles. The number of methoxy groups -OCH3 is 1. The molecule has 54 heavy (non-hydrogen) atoms. The minimum atomic E-state index is -3.15. The predicted octanol–water partition coefficient (Wildman–Crippen LogP) is 5.80. The maximum Gasteiger partial charge on any atom is 0.325 e. The monoisotopic (exact) mass is 760 g/mol. The van der Waals surface area contributed by atoms with Crippen LogP contribution in [0.1, 0.15) is 69.1 Å². The molecular formula is C40H46F2N6O5S. The van der Waals surface area contributed by atoms with Crippen LogP contribution in [0.4, 0.5) is 8.78 Å². The average Bonchev–Trinajstić information content (AvgIpc) is 3.87. The van der Waals surface area contributed by atoms with E-state index in [0.717, 1.165) is 56.3 Å². The Hall–Kier alpha value is -4.27. The number of pyridine rings is 2. The highest BCUT2D eigenvalue weighted by Crippen LogP contribution is 2.59. The molecule has 7 atom stereocenters. The van der Waals surface area contributed by atoms with Gasteiger partial charge in [0.15, 0.2) is 0 Å². The molecule has 4 aliphatic rings. The van der Waals surface area contributed by atoms with Gasteiger partial charge in [0.1, 0.15) is 12.1 Å². The van der Waals surface area contributed by atoms with Crippen molar-refractivity contribution in [2.75, 3.05) is 20.3 Å². The summed E-state index contributed by atoms with van der Waals surface area (Å²) in [7, 11) is 1.66. The Morgan fingerprint density at radius 3 is 2.76 bits per heavy atom. The van der Waals surface area contributed by atoms with Crippen LogP contribution in [0.2, 0.25) is 0 Å². The number of alkyl halides is 2. The molecule has 2 saturated carbocycles. The number of aromatic nitrogens is 3. The molecule has 14 heteroatoms. The second-order valence-electron chi connectivity index (χ2n) is 16.2. The maximum atomic E-state index is 15.2. The Bertz CT molecular complexity index is 2150. The Morgan fingerprint density at radius 1 is 1.26 bits per heavy atom. The number of nitrogens with one attached hydrogen (secondary N) is 2. The van der Waals surface area contributed by atoms with Crippen LogP contribution in [0.15, 0.2) is 42.0 Å². The molecule has 0 unspecified atom stereocenters. The fraction of sp³-hybridized carbons (Fsp3) is 0.525. The van der Waals surface area contributed by atoms with Gasteiger partial charge in [0.05, 0.1) is 40.9 Å². The number of hydrazine groups is 1. The van der Waals surface area contributed by atoms with E-state index in [1.165, 1.54) is 11.3 Å². The highest BCUT2D eigenvalue weighted by molar-refractivity contribution is 7.10. The number of fused-ring (bicyclic) bond motifs is 8. The Balaban J connectivity index is 1.26. The molecule has 6 heterocycles. The van der Waals surface area contributed by atoms with Gasteiger partial charge in [-0.2, -0.15) is 0 Å². The first-order valence-corrected chi connectivity index (χ1v) is 19.6. The van der Waals surface area contributed by atoms with E-state index >= 15 is 8.78 Å². The fourth-order valence-corrected chi connectivity index (χ4v) is 9.22. The molecule has 0 spiro atoms. The molecule has 0 aromatic carbocycles. The Morgan fingerprint density at radius 2 is 2.04 bits per heavy atom. The minimum absolute atomic E-state index is 0.0546. The van der Waals surface area contributed by atoms with Gasteiger partial charge in [-0.15, -0.1) is 11.3 Å². The van der Waals surface area contributed by atoms with Crippen molar-refractivity contribution < 1.29 is 32.6 Å². The standard InChI is InChI=1S/C40H46F2N6O5S/c1-7-29-32(23-9-8-11-43-34(23)21(3)52-6)25-16-39(4,5)19-53-38(51)35-33-26(40(33,41)42)17-48(46-35)37(50)27(45-36(49)24-13-20(24)2)15-31-44-28(18-54-31)22-10-12-47(29)30(25)14-22/h8-12,14,18,20-21,24,26-27,33,35,46H,7,13,15-17,19H2,1-6H3,(H,45,49)/t20-,21-,24-,26-,27-,33-,35-/m0/s1. The quantitative estimate of drug-likeness (QED) is 0.236. The largest absolute Gasteiger partial charge is 0.464 e. The van der Waals surface area contributed by atoms with Gasteiger partial charge in [0.2, 0.25) is 5.91 Å². The van der Waals surface area contributed by atoms with Crippen molar-refractivity contribution in [2.24, 2.45) is 29.1 Å². The van der Waals surface area contributed by atoms with Gasteiger partial charge in [-0.3, -0.25) is 24.4 Å². The van der Waals surface area contributed by atoms with Crippen molar-refractivity contribution in [2.45, 2.75) is 84.4 Å². The van der Waals surface area contributed by atoms with Crippen molar-refractivity contribution >= 4 is 34.6 Å². The molecule has 8 rings (SSSR count). The number of rotatable bonds is 6. The number of hydrogen-bond donors (Lipinski definition) is 2. The molecule has 6 bridgehead atoms. The Kier molecular flexibility index (Phi) is 9.16. The van der Waals surface area contributed by atoms with E-state index in [1.54, 1.807) is 13.3 Å².